The molecule has 12 heteroatoms. The number of hydrogen-bond donors (Lipinski definition) is 1. The highest BCUT2D eigenvalue weighted by Gasteiger charge is 2.41. The molecule has 2 fully saturated rings. The van der Waals surface area contributed by atoms with Gasteiger partial charge in [0.15, 0.2) is 0 Å². The zero-order chi connectivity index (χ0) is 30.8. The van der Waals surface area contributed by atoms with Crippen LogP contribution in [-0.4, -0.2) is 59.7 Å². The van der Waals surface area contributed by atoms with Crippen molar-refractivity contribution in [3.63, 3.8) is 0 Å². The van der Waals surface area contributed by atoms with Crippen molar-refractivity contribution in [3.8, 4) is 0 Å². The molecule has 0 unspecified atom stereocenters. The Balaban J connectivity index is 1.56. The summed E-state index contributed by atoms with van der Waals surface area (Å²) in [6, 6.07) is 9.38. The van der Waals surface area contributed by atoms with Crippen molar-refractivity contribution in [2.24, 2.45) is 5.92 Å². The number of nitrogens with zero attached hydrogens (tertiary/aromatic N) is 2. The Hall–Kier alpha value is -3.57. The highest BCUT2D eigenvalue weighted by Crippen LogP contribution is 2.38. The zero-order valence-corrected chi connectivity index (χ0v) is 23.3. The van der Waals surface area contributed by atoms with E-state index in [-0.39, 0.29) is 42.9 Å². The number of likely N-dealkylation sites (tertiary alicyclic amines) is 1. The summed E-state index contributed by atoms with van der Waals surface area (Å²) in [7, 11) is 1.37. The number of alkyl halides is 6. The van der Waals surface area contributed by atoms with Crippen molar-refractivity contribution >= 4 is 17.7 Å². The first-order valence-corrected chi connectivity index (χ1v) is 13.8. The average Bonchev–Trinajstić information content (AvgIpc) is 2.95. The molecule has 1 aliphatic heterocycles. The van der Waals surface area contributed by atoms with Crippen molar-refractivity contribution in [2.75, 3.05) is 20.1 Å². The fourth-order valence-electron chi connectivity index (χ4n) is 6.09. The van der Waals surface area contributed by atoms with Crippen LogP contribution >= 0.6 is 0 Å². The predicted molar refractivity (Wildman–Crippen MR) is 142 cm³/mol. The number of hydrogen-bond acceptors (Lipinski definition) is 3. The lowest BCUT2D eigenvalue weighted by molar-refractivity contribution is -0.143. The van der Waals surface area contributed by atoms with E-state index in [4.69, 9.17) is 0 Å². The number of amides is 3. The molecule has 2 aliphatic rings. The second-order valence-electron chi connectivity index (χ2n) is 11.1. The summed E-state index contributed by atoms with van der Waals surface area (Å²) in [4.78, 5) is 41.2. The van der Waals surface area contributed by atoms with Crippen LogP contribution in [-0.2, 0) is 21.9 Å². The minimum atomic E-state index is -5.07. The summed E-state index contributed by atoms with van der Waals surface area (Å²) < 4.78 is 80.6. The summed E-state index contributed by atoms with van der Waals surface area (Å²) in [6.07, 6.45) is -7.25. The fourth-order valence-corrected chi connectivity index (χ4v) is 6.09. The first-order chi connectivity index (χ1) is 19.6. The number of likely N-dealkylation sites (N-methyl/N-ethyl adjacent to an activating group) is 1. The molecule has 1 aliphatic carbocycles. The van der Waals surface area contributed by atoms with Gasteiger partial charge in [0.05, 0.1) is 11.1 Å². The molecular formula is C30H33F6N3O3. The maximum absolute atomic E-state index is 13.5. The van der Waals surface area contributed by atoms with Gasteiger partial charge < -0.3 is 15.1 Å². The third-order valence-electron chi connectivity index (χ3n) is 8.25. The van der Waals surface area contributed by atoms with Crippen LogP contribution in [0.1, 0.15) is 72.0 Å². The molecule has 1 saturated carbocycles. The van der Waals surface area contributed by atoms with Gasteiger partial charge in [-0.25, -0.2) is 0 Å². The molecule has 0 bridgehead atoms. The van der Waals surface area contributed by atoms with Gasteiger partial charge in [-0.1, -0.05) is 30.3 Å². The summed E-state index contributed by atoms with van der Waals surface area (Å²) in [6.45, 7) is 1.98. The molecule has 1 N–H and O–H groups in total. The number of carbonyl (C=O) groups excluding carboxylic acids is 3. The quantitative estimate of drug-likeness (QED) is 0.438. The van der Waals surface area contributed by atoms with Crippen LogP contribution in [0.15, 0.2) is 48.5 Å². The van der Waals surface area contributed by atoms with Crippen LogP contribution in [0.5, 0.6) is 0 Å². The monoisotopic (exact) mass is 597 g/mol. The molecule has 2 aromatic carbocycles. The molecule has 0 aromatic heterocycles. The van der Waals surface area contributed by atoms with Crippen molar-refractivity contribution in [1.82, 2.24) is 15.1 Å². The molecule has 0 spiro atoms. The van der Waals surface area contributed by atoms with Gasteiger partial charge in [0.25, 0.3) is 5.91 Å². The number of piperidine rings is 1. The first-order valence-electron chi connectivity index (χ1n) is 13.8. The van der Waals surface area contributed by atoms with Crippen molar-refractivity contribution in [2.45, 2.75) is 69.4 Å². The SMILES string of the molecule is CC(=O)N[C@H]1CC[C@H](C(=O)N2CC[C@@H](N(C)C(=O)c3cc(C(F)(F)F)cc(C(F)(F)F)c3)[C@H](c3ccccc3)C2)CC1. The maximum Gasteiger partial charge on any atom is 0.416 e. The van der Waals surface area contributed by atoms with Gasteiger partial charge in [0.2, 0.25) is 11.8 Å². The Morgan fingerprint density at radius 3 is 1.95 bits per heavy atom. The number of nitrogens with one attached hydrogen (secondary N) is 1. The van der Waals surface area contributed by atoms with Gasteiger partial charge >= 0.3 is 12.4 Å². The van der Waals surface area contributed by atoms with Gasteiger partial charge in [-0.05, 0) is 55.9 Å². The van der Waals surface area contributed by atoms with Crippen LogP contribution < -0.4 is 5.32 Å². The molecule has 6 nitrogen and oxygen atoms in total. The van der Waals surface area contributed by atoms with Gasteiger partial charge in [0.1, 0.15) is 0 Å². The fraction of sp³-hybridized carbons (Fsp3) is 0.500. The van der Waals surface area contributed by atoms with Crippen molar-refractivity contribution < 1.29 is 40.7 Å². The van der Waals surface area contributed by atoms with Crippen molar-refractivity contribution in [1.29, 1.82) is 0 Å². The Kier molecular flexibility index (Phi) is 9.22. The van der Waals surface area contributed by atoms with Gasteiger partial charge in [-0.3, -0.25) is 14.4 Å². The lowest BCUT2D eigenvalue weighted by atomic mass is 9.82. The smallest absolute Gasteiger partial charge is 0.354 e. The van der Waals surface area contributed by atoms with E-state index in [9.17, 15) is 40.7 Å². The molecule has 1 heterocycles. The molecule has 3 amide bonds. The Morgan fingerprint density at radius 1 is 0.857 bits per heavy atom. The average molecular weight is 598 g/mol. The Morgan fingerprint density at radius 2 is 1.43 bits per heavy atom. The lowest BCUT2D eigenvalue weighted by Crippen LogP contribution is -2.53. The van der Waals surface area contributed by atoms with Crippen LogP contribution in [0.3, 0.4) is 0 Å². The minimum absolute atomic E-state index is 0.00268. The van der Waals surface area contributed by atoms with E-state index in [0.29, 0.717) is 44.2 Å². The van der Waals surface area contributed by atoms with E-state index in [0.717, 1.165) is 5.56 Å². The van der Waals surface area contributed by atoms with Gasteiger partial charge in [-0.2, -0.15) is 26.3 Å². The van der Waals surface area contributed by atoms with Crippen LogP contribution in [0.25, 0.3) is 0 Å². The minimum Gasteiger partial charge on any atom is -0.354 e. The highest BCUT2D eigenvalue weighted by molar-refractivity contribution is 5.95. The van der Waals surface area contributed by atoms with Crippen LogP contribution in [0.2, 0.25) is 0 Å². The molecule has 228 valence electrons. The molecule has 4 rings (SSSR count). The highest BCUT2D eigenvalue weighted by atomic mass is 19.4. The van der Waals surface area contributed by atoms with E-state index >= 15 is 0 Å². The molecule has 1 saturated heterocycles. The standard InChI is InChI=1S/C30H33F6N3O3/c1-18(40)37-24-10-8-20(9-11-24)28(42)39-13-12-26(25(17-39)19-6-4-3-5-7-19)38(2)27(41)21-14-22(29(31,32)33)16-23(15-21)30(34,35)36/h3-7,14-16,20,24-26H,8-13,17H2,1-2H3,(H,37,40)/t20-,24-,25-,26+/m0/s1. The summed E-state index contributed by atoms with van der Waals surface area (Å²) in [5.41, 5.74) is -3.01. The van der Waals surface area contributed by atoms with E-state index in [1.54, 1.807) is 23.1 Å². The predicted octanol–water partition coefficient (Wildman–Crippen LogP) is 5.88. The topological polar surface area (TPSA) is 69.7 Å². The molecule has 2 atom stereocenters. The second-order valence-corrected chi connectivity index (χ2v) is 11.1. The van der Waals surface area contributed by atoms with E-state index in [1.165, 1.54) is 18.9 Å². The third-order valence-corrected chi connectivity index (χ3v) is 8.25. The van der Waals surface area contributed by atoms with Crippen LogP contribution in [0, 0.1) is 5.92 Å². The lowest BCUT2D eigenvalue weighted by Gasteiger charge is -2.44. The van der Waals surface area contributed by atoms with E-state index in [1.807, 2.05) is 12.1 Å². The molecule has 2 aromatic rings. The summed E-state index contributed by atoms with van der Waals surface area (Å²) in [5, 5.41) is 2.89. The van der Waals surface area contributed by atoms with Gasteiger partial charge in [0, 0.05) is 56.5 Å². The number of benzene rings is 2. The van der Waals surface area contributed by atoms with Crippen molar-refractivity contribution in [3.05, 3.63) is 70.8 Å². The normalized spacial score (nSPS) is 23.3. The Bertz CT molecular complexity index is 1260. The number of carbonyl (C=O) groups is 3. The number of rotatable bonds is 5. The third kappa shape index (κ3) is 7.25. The van der Waals surface area contributed by atoms with E-state index in [2.05, 4.69) is 5.32 Å². The molecule has 0 radical (unpaired) electrons. The Labute approximate surface area is 240 Å². The first kappa shape index (κ1) is 31.4. The largest absolute Gasteiger partial charge is 0.416 e. The zero-order valence-electron chi connectivity index (χ0n) is 23.3. The maximum atomic E-state index is 13.5. The van der Waals surface area contributed by atoms with Crippen LogP contribution in [0.4, 0.5) is 26.3 Å². The van der Waals surface area contributed by atoms with E-state index < -0.39 is 46.9 Å². The summed E-state index contributed by atoms with van der Waals surface area (Å²) >= 11 is 0. The molecule has 42 heavy (non-hydrogen) atoms. The summed E-state index contributed by atoms with van der Waals surface area (Å²) in [5.74, 6) is -1.74. The second kappa shape index (κ2) is 12.3. The number of halogens is 6. The molecular weight excluding hydrogens is 564 g/mol. The van der Waals surface area contributed by atoms with Gasteiger partial charge in [-0.15, -0.1) is 0 Å².